The number of halogens is 1. The van der Waals surface area contributed by atoms with Crippen molar-refractivity contribution in [2.75, 3.05) is 12.9 Å². The van der Waals surface area contributed by atoms with E-state index in [2.05, 4.69) is 35.9 Å². The second-order valence-corrected chi connectivity index (χ2v) is 9.67. The van der Waals surface area contributed by atoms with Crippen molar-refractivity contribution >= 4 is 35.1 Å². The zero-order chi connectivity index (χ0) is 25.4. The van der Waals surface area contributed by atoms with Crippen LogP contribution in [-0.4, -0.2) is 39.3 Å². The predicted molar refractivity (Wildman–Crippen MR) is 139 cm³/mol. The van der Waals surface area contributed by atoms with E-state index in [9.17, 15) is 9.59 Å². The maximum Gasteiger partial charge on any atom is 0.253 e. The van der Waals surface area contributed by atoms with Gasteiger partial charge in [0, 0.05) is 12.1 Å². The summed E-state index contributed by atoms with van der Waals surface area (Å²) >= 11 is 7.53. The monoisotopic (exact) mass is 512 g/mol. The number of hydrogen-bond acceptors (Lipinski definition) is 6. The van der Waals surface area contributed by atoms with Crippen molar-refractivity contribution in [1.82, 2.24) is 20.1 Å². The zero-order valence-electron chi connectivity index (χ0n) is 20.0. The van der Waals surface area contributed by atoms with Crippen LogP contribution in [0.4, 0.5) is 0 Å². The van der Waals surface area contributed by atoms with Gasteiger partial charge in [-0.05, 0) is 48.7 Å². The Morgan fingerprint density at radius 2 is 1.89 bits per heavy atom. The number of carbonyl (C=O) groups is 2. The number of thioether (sulfide) groups is 1. The van der Waals surface area contributed by atoms with Crippen molar-refractivity contribution in [3.8, 4) is 5.75 Å². The Kier molecular flexibility index (Phi) is 9.51. The lowest BCUT2D eigenvalue weighted by Crippen LogP contribution is -2.32. The van der Waals surface area contributed by atoms with Gasteiger partial charge in [-0.15, -0.1) is 16.8 Å². The van der Waals surface area contributed by atoms with Crippen LogP contribution in [0.3, 0.4) is 0 Å². The molecule has 0 aliphatic rings. The quantitative estimate of drug-likeness (QED) is 0.192. The van der Waals surface area contributed by atoms with Crippen LogP contribution in [0, 0.1) is 5.92 Å². The minimum Gasteiger partial charge on any atom is -0.497 e. The molecular formula is C26H29ClN4O3S. The SMILES string of the molecule is C=CCn1c(SCC(=O)c2ccc(OC)cc2)nnc1[C@@H](CC(C)C)NC(=O)c1ccccc1Cl. The molecule has 0 aliphatic carbocycles. The lowest BCUT2D eigenvalue weighted by Gasteiger charge is -2.21. The fraction of sp³-hybridized carbons (Fsp3) is 0.308. The van der Waals surface area contributed by atoms with E-state index in [-0.39, 0.29) is 23.4 Å². The van der Waals surface area contributed by atoms with Crippen LogP contribution < -0.4 is 10.1 Å². The van der Waals surface area contributed by atoms with Crippen LogP contribution in [0.5, 0.6) is 5.75 Å². The highest BCUT2D eigenvalue weighted by molar-refractivity contribution is 7.99. The Morgan fingerprint density at radius 3 is 2.51 bits per heavy atom. The maximum atomic E-state index is 13.0. The summed E-state index contributed by atoms with van der Waals surface area (Å²) in [4.78, 5) is 25.7. The van der Waals surface area contributed by atoms with Crippen LogP contribution in [0.2, 0.25) is 5.02 Å². The number of nitrogens with one attached hydrogen (secondary N) is 1. The van der Waals surface area contributed by atoms with Crippen molar-refractivity contribution in [3.05, 3.63) is 83.2 Å². The number of nitrogens with zero attached hydrogens (tertiary/aromatic N) is 3. The standard InChI is InChI=1S/C26H29ClN4O3S/c1-5-14-31-24(22(15-17(2)3)28-25(33)20-8-6-7-9-21(20)27)29-30-26(31)35-16-23(32)18-10-12-19(34-4)13-11-18/h5-13,17,22H,1,14-16H2,2-4H3,(H,28,33)/t22-/m1/s1. The summed E-state index contributed by atoms with van der Waals surface area (Å²) in [6.07, 6.45) is 2.39. The van der Waals surface area contributed by atoms with Gasteiger partial charge in [-0.2, -0.15) is 0 Å². The topological polar surface area (TPSA) is 86.1 Å². The third-order valence-electron chi connectivity index (χ3n) is 5.24. The highest BCUT2D eigenvalue weighted by Gasteiger charge is 2.25. The molecule has 1 amide bonds. The van der Waals surface area contributed by atoms with Gasteiger partial charge in [0.25, 0.3) is 5.91 Å². The Morgan fingerprint density at radius 1 is 1.17 bits per heavy atom. The van der Waals surface area contributed by atoms with E-state index in [0.717, 1.165) is 0 Å². The van der Waals surface area contributed by atoms with Crippen LogP contribution in [0.1, 0.15) is 52.9 Å². The van der Waals surface area contributed by atoms with Crippen molar-refractivity contribution in [1.29, 1.82) is 0 Å². The molecular weight excluding hydrogens is 484 g/mol. The molecule has 1 aromatic heterocycles. The minimum absolute atomic E-state index is 0.0295. The average molecular weight is 513 g/mol. The number of benzene rings is 2. The molecule has 1 atom stereocenters. The van der Waals surface area contributed by atoms with Crippen molar-refractivity contribution < 1.29 is 14.3 Å². The number of rotatable bonds is 12. The fourth-order valence-corrected chi connectivity index (χ4v) is 4.61. The van der Waals surface area contributed by atoms with Crippen LogP contribution in [-0.2, 0) is 6.54 Å². The highest BCUT2D eigenvalue weighted by atomic mass is 35.5. The summed E-state index contributed by atoms with van der Waals surface area (Å²) in [5.41, 5.74) is 0.996. The minimum atomic E-state index is -0.391. The first-order chi connectivity index (χ1) is 16.8. The molecule has 0 unspecified atom stereocenters. The molecule has 0 bridgehead atoms. The summed E-state index contributed by atoms with van der Waals surface area (Å²) in [6, 6.07) is 13.5. The number of allylic oxidation sites excluding steroid dienone is 1. The van der Waals surface area contributed by atoms with Gasteiger partial charge < -0.3 is 14.6 Å². The Hall–Kier alpha value is -3.10. The fourth-order valence-electron chi connectivity index (χ4n) is 3.54. The number of carbonyl (C=O) groups excluding carboxylic acids is 2. The first-order valence-corrected chi connectivity index (χ1v) is 12.6. The van der Waals surface area contributed by atoms with E-state index < -0.39 is 6.04 Å². The van der Waals surface area contributed by atoms with Crippen LogP contribution in [0.25, 0.3) is 0 Å². The van der Waals surface area contributed by atoms with Gasteiger partial charge in [0.2, 0.25) is 0 Å². The van der Waals surface area contributed by atoms with Gasteiger partial charge in [0.15, 0.2) is 16.8 Å². The second-order valence-electron chi connectivity index (χ2n) is 8.32. The van der Waals surface area contributed by atoms with Crippen molar-refractivity contribution in [3.63, 3.8) is 0 Å². The average Bonchev–Trinajstić information content (AvgIpc) is 3.24. The molecule has 184 valence electrons. The summed E-state index contributed by atoms with van der Waals surface area (Å²) in [5.74, 6) is 1.48. The van der Waals surface area contributed by atoms with Crippen molar-refractivity contribution in [2.45, 2.75) is 38.0 Å². The van der Waals surface area contributed by atoms with E-state index in [1.807, 2.05) is 4.57 Å². The second kappa shape index (κ2) is 12.6. The molecule has 0 radical (unpaired) electrons. The van der Waals surface area contributed by atoms with Crippen molar-refractivity contribution in [2.24, 2.45) is 5.92 Å². The van der Waals surface area contributed by atoms with Crippen LogP contribution >= 0.6 is 23.4 Å². The van der Waals surface area contributed by atoms with Crippen LogP contribution in [0.15, 0.2) is 66.3 Å². The molecule has 7 nitrogen and oxygen atoms in total. The highest BCUT2D eigenvalue weighted by Crippen LogP contribution is 2.27. The third kappa shape index (κ3) is 6.96. The number of ketones is 1. The largest absolute Gasteiger partial charge is 0.497 e. The molecule has 1 heterocycles. The van der Waals surface area contributed by atoms with E-state index in [0.29, 0.717) is 45.8 Å². The van der Waals surface area contributed by atoms with Gasteiger partial charge in [-0.1, -0.05) is 55.4 Å². The molecule has 3 aromatic rings. The lowest BCUT2D eigenvalue weighted by atomic mass is 10.0. The summed E-state index contributed by atoms with van der Waals surface area (Å²) in [6.45, 7) is 8.44. The van der Waals surface area contributed by atoms with Gasteiger partial charge in [-0.3, -0.25) is 9.59 Å². The van der Waals surface area contributed by atoms with E-state index in [1.165, 1.54) is 11.8 Å². The summed E-state index contributed by atoms with van der Waals surface area (Å²) < 4.78 is 7.04. The molecule has 0 spiro atoms. The molecule has 1 N–H and O–H groups in total. The zero-order valence-corrected chi connectivity index (χ0v) is 21.6. The first kappa shape index (κ1) is 26.5. The van der Waals surface area contributed by atoms with Gasteiger partial charge >= 0.3 is 0 Å². The molecule has 9 heteroatoms. The molecule has 0 fully saturated rings. The normalized spacial score (nSPS) is 11.8. The Balaban J connectivity index is 1.81. The third-order valence-corrected chi connectivity index (χ3v) is 6.54. The first-order valence-electron chi connectivity index (χ1n) is 11.2. The Bertz CT molecular complexity index is 1180. The number of hydrogen-bond donors (Lipinski definition) is 1. The molecule has 2 aromatic carbocycles. The number of amides is 1. The van der Waals surface area contributed by atoms with E-state index in [4.69, 9.17) is 16.3 Å². The van der Waals surface area contributed by atoms with Gasteiger partial charge in [0.05, 0.1) is 29.5 Å². The number of aromatic nitrogens is 3. The Labute approximate surface area is 214 Å². The number of ether oxygens (including phenoxy) is 1. The molecule has 35 heavy (non-hydrogen) atoms. The van der Waals surface area contributed by atoms with Gasteiger partial charge in [-0.25, -0.2) is 0 Å². The van der Waals surface area contributed by atoms with E-state index >= 15 is 0 Å². The number of methoxy groups -OCH3 is 1. The molecule has 0 saturated carbocycles. The summed E-state index contributed by atoms with van der Waals surface area (Å²) in [7, 11) is 1.58. The predicted octanol–water partition coefficient (Wildman–Crippen LogP) is 5.62. The number of Topliss-reactive ketones (excluding diaryl/α,β-unsaturated/α-hetero) is 1. The summed E-state index contributed by atoms with van der Waals surface area (Å²) in [5, 5.41) is 12.8. The van der Waals surface area contributed by atoms with E-state index in [1.54, 1.807) is 61.7 Å². The maximum absolute atomic E-state index is 13.0. The smallest absolute Gasteiger partial charge is 0.253 e. The van der Waals surface area contributed by atoms with Gasteiger partial charge in [0.1, 0.15) is 5.75 Å². The molecule has 0 saturated heterocycles. The molecule has 3 rings (SSSR count). The molecule has 0 aliphatic heterocycles. The lowest BCUT2D eigenvalue weighted by molar-refractivity contribution is 0.0928.